The molecule has 0 spiro atoms. The van der Waals surface area contributed by atoms with Crippen LogP contribution in [0, 0.1) is 0 Å². The van der Waals surface area contributed by atoms with Crippen molar-refractivity contribution in [1.29, 1.82) is 0 Å². The maximum absolute atomic E-state index is 11.4. The molecule has 0 fully saturated rings. The average Bonchev–Trinajstić information content (AvgIpc) is 2.17. The van der Waals surface area contributed by atoms with Crippen molar-refractivity contribution in [2.75, 3.05) is 20.2 Å². The van der Waals surface area contributed by atoms with Crippen LogP contribution in [0.3, 0.4) is 0 Å². The Morgan fingerprint density at radius 1 is 1.14 bits per heavy atom. The highest BCUT2D eigenvalue weighted by Crippen LogP contribution is 1.97. The lowest BCUT2D eigenvalue weighted by atomic mass is 10.2. The summed E-state index contributed by atoms with van der Waals surface area (Å²) in [5, 5.41) is 33.0. The van der Waals surface area contributed by atoms with Crippen LogP contribution in [0.15, 0.2) is 12.7 Å². The summed E-state index contributed by atoms with van der Waals surface area (Å²) >= 11 is 0. The fourth-order valence-electron chi connectivity index (χ4n) is 0.958. The van der Waals surface area contributed by atoms with E-state index in [9.17, 15) is 4.79 Å². The van der Waals surface area contributed by atoms with Crippen LogP contribution in [0.4, 0.5) is 0 Å². The molecule has 6 N–H and O–H groups in total. The van der Waals surface area contributed by atoms with Crippen molar-refractivity contribution in [3.63, 3.8) is 0 Å². The first-order valence-corrected chi connectivity index (χ1v) is 3.91. The van der Waals surface area contributed by atoms with Crippen molar-refractivity contribution >= 4 is 5.78 Å². The first-order chi connectivity index (χ1) is 6.66. The van der Waals surface area contributed by atoms with Gasteiger partial charge in [0, 0.05) is 0 Å². The Hall–Kier alpha value is -0.830. The van der Waals surface area contributed by atoms with Crippen molar-refractivity contribution in [1.82, 2.24) is 16.0 Å². The first-order valence-electron chi connectivity index (χ1n) is 3.91. The molecule has 0 saturated heterocycles. The van der Waals surface area contributed by atoms with E-state index in [0.717, 1.165) is 6.08 Å². The zero-order valence-corrected chi connectivity index (χ0v) is 7.66. The summed E-state index contributed by atoms with van der Waals surface area (Å²) in [5.74, 6) is -2.16. The fraction of sp³-hybridized carbons (Fsp3) is 0.571. The van der Waals surface area contributed by atoms with Crippen LogP contribution in [0.2, 0.25) is 0 Å². The van der Waals surface area contributed by atoms with Crippen LogP contribution in [-0.2, 0) is 4.79 Å². The van der Waals surface area contributed by atoms with Crippen LogP contribution in [0.5, 0.6) is 0 Å². The minimum atomic E-state index is -1.60. The van der Waals surface area contributed by atoms with Gasteiger partial charge >= 0.3 is 0 Å². The lowest BCUT2D eigenvalue weighted by Gasteiger charge is -2.32. The number of aliphatic hydroxyl groups is 3. The zero-order valence-electron chi connectivity index (χ0n) is 7.66. The molecule has 0 aliphatic rings. The largest absolute Gasteiger partial charge is 0.381 e. The van der Waals surface area contributed by atoms with Gasteiger partial charge in [-0.05, 0) is 6.08 Å². The second kappa shape index (κ2) is 6.60. The smallest absolute Gasteiger partial charge is 0.205 e. The highest BCUT2D eigenvalue weighted by Gasteiger charge is 2.34. The minimum absolute atomic E-state index is 0.514. The average molecular weight is 205 g/mol. The Balaban J connectivity index is 4.71. The molecule has 0 heterocycles. The number of rotatable bonds is 8. The summed E-state index contributed by atoms with van der Waals surface area (Å²) in [7, 11) is 0. The summed E-state index contributed by atoms with van der Waals surface area (Å²) in [6.45, 7) is 1.72. The van der Waals surface area contributed by atoms with Crippen molar-refractivity contribution in [2.24, 2.45) is 0 Å². The number of carbonyl (C=O) groups excluding carboxylic acids is 1. The van der Waals surface area contributed by atoms with E-state index in [0.29, 0.717) is 0 Å². The number of hydrogen-bond acceptors (Lipinski definition) is 7. The normalized spacial score (nSPS) is 11.4. The molecule has 0 saturated carbocycles. The highest BCUT2D eigenvalue weighted by molar-refractivity contribution is 5.96. The monoisotopic (exact) mass is 205 g/mol. The number of nitrogens with one attached hydrogen (secondary N) is 3. The molecule has 14 heavy (non-hydrogen) atoms. The standard InChI is InChI=1S/C7H15N3O4/c1-2-6(14)7(8-3-11,9-4-12)10-5-13/h2,8-13H,1,3-5H2. The fourth-order valence-corrected chi connectivity index (χ4v) is 0.958. The molecule has 7 nitrogen and oxygen atoms in total. The van der Waals surface area contributed by atoms with Gasteiger partial charge in [-0.25, -0.2) is 0 Å². The molecule has 0 aliphatic heterocycles. The predicted molar refractivity (Wildman–Crippen MR) is 48.6 cm³/mol. The van der Waals surface area contributed by atoms with Crippen molar-refractivity contribution in [2.45, 2.75) is 5.79 Å². The van der Waals surface area contributed by atoms with Gasteiger partial charge in [0.2, 0.25) is 5.78 Å². The Morgan fingerprint density at radius 3 is 1.71 bits per heavy atom. The lowest BCUT2D eigenvalue weighted by Crippen LogP contribution is -2.71. The molecule has 7 heteroatoms. The maximum atomic E-state index is 11.4. The second-order valence-corrected chi connectivity index (χ2v) is 2.32. The van der Waals surface area contributed by atoms with E-state index in [-0.39, 0.29) is 0 Å². The number of ketones is 1. The molecule has 82 valence electrons. The third kappa shape index (κ3) is 3.14. The Morgan fingerprint density at radius 2 is 1.50 bits per heavy atom. The third-order valence-electron chi connectivity index (χ3n) is 1.59. The molecule has 0 aromatic carbocycles. The Labute approximate surface area is 81.4 Å². The van der Waals surface area contributed by atoms with Gasteiger partial charge in [-0.1, -0.05) is 6.58 Å². The molecule has 0 bridgehead atoms. The van der Waals surface area contributed by atoms with Gasteiger partial charge in [0.05, 0.1) is 20.2 Å². The molecule has 0 aromatic rings. The second-order valence-electron chi connectivity index (χ2n) is 2.32. The molecule has 0 aromatic heterocycles. The topological polar surface area (TPSA) is 114 Å². The molecule has 0 rings (SSSR count). The molecule has 0 amide bonds. The van der Waals surface area contributed by atoms with Gasteiger partial charge in [0.15, 0.2) is 5.79 Å². The van der Waals surface area contributed by atoms with Crippen molar-refractivity contribution in [3.05, 3.63) is 12.7 Å². The highest BCUT2D eigenvalue weighted by atomic mass is 16.3. The maximum Gasteiger partial charge on any atom is 0.205 e. The van der Waals surface area contributed by atoms with E-state index in [1.54, 1.807) is 0 Å². The quantitative estimate of drug-likeness (QED) is 0.185. The molecule has 0 radical (unpaired) electrons. The van der Waals surface area contributed by atoms with Gasteiger partial charge in [-0.3, -0.25) is 20.7 Å². The van der Waals surface area contributed by atoms with E-state index >= 15 is 0 Å². The van der Waals surface area contributed by atoms with Crippen molar-refractivity contribution in [3.8, 4) is 0 Å². The minimum Gasteiger partial charge on any atom is -0.381 e. The van der Waals surface area contributed by atoms with E-state index in [1.807, 2.05) is 0 Å². The van der Waals surface area contributed by atoms with Crippen LogP contribution < -0.4 is 16.0 Å². The summed E-state index contributed by atoms with van der Waals surface area (Å²) in [6.07, 6.45) is 0.994. The van der Waals surface area contributed by atoms with E-state index in [2.05, 4.69) is 22.5 Å². The van der Waals surface area contributed by atoms with Gasteiger partial charge < -0.3 is 15.3 Å². The van der Waals surface area contributed by atoms with Gasteiger partial charge in [0.1, 0.15) is 0 Å². The van der Waals surface area contributed by atoms with Crippen LogP contribution in [-0.4, -0.2) is 47.1 Å². The van der Waals surface area contributed by atoms with Crippen LogP contribution in [0.25, 0.3) is 0 Å². The number of carbonyl (C=O) groups is 1. The van der Waals surface area contributed by atoms with E-state index < -0.39 is 31.8 Å². The Bertz CT molecular complexity index is 180. The summed E-state index contributed by atoms with van der Waals surface area (Å²) in [4.78, 5) is 11.4. The molecule has 0 aliphatic carbocycles. The van der Waals surface area contributed by atoms with E-state index in [4.69, 9.17) is 15.3 Å². The van der Waals surface area contributed by atoms with E-state index in [1.165, 1.54) is 0 Å². The number of hydrogen-bond donors (Lipinski definition) is 6. The molecular weight excluding hydrogens is 190 g/mol. The van der Waals surface area contributed by atoms with Gasteiger partial charge in [-0.2, -0.15) is 0 Å². The lowest BCUT2D eigenvalue weighted by molar-refractivity contribution is -0.126. The zero-order chi connectivity index (χ0) is 11.0. The first kappa shape index (κ1) is 13.2. The van der Waals surface area contributed by atoms with Gasteiger partial charge in [-0.15, -0.1) is 0 Å². The molecule has 0 atom stereocenters. The molecule has 0 unspecified atom stereocenters. The van der Waals surface area contributed by atoms with Crippen LogP contribution >= 0.6 is 0 Å². The SMILES string of the molecule is C=CC(=O)C(NCO)(NCO)NCO. The predicted octanol–water partition coefficient (Wildman–Crippen LogP) is -2.99. The summed E-state index contributed by atoms with van der Waals surface area (Å²) in [6, 6.07) is 0. The van der Waals surface area contributed by atoms with Gasteiger partial charge in [0.25, 0.3) is 0 Å². The summed E-state index contributed by atoms with van der Waals surface area (Å²) < 4.78 is 0. The van der Waals surface area contributed by atoms with Crippen molar-refractivity contribution < 1.29 is 20.1 Å². The summed E-state index contributed by atoms with van der Waals surface area (Å²) in [5.41, 5.74) is 0. The third-order valence-corrected chi connectivity index (χ3v) is 1.59. The Kier molecular flexibility index (Phi) is 6.21. The number of aliphatic hydroxyl groups excluding tert-OH is 3. The van der Waals surface area contributed by atoms with Crippen LogP contribution in [0.1, 0.15) is 0 Å². The molecular formula is C7H15N3O4.